The highest BCUT2D eigenvalue weighted by Gasteiger charge is 2.24. The van der Waals surface area contributed by atoms with Crippen LogP contribution >= 0.6 is 0 Å². The van der Waals surface area contributed by atoms with Crippen molar-refractivity contribution in [2.45, 2.75) is 25.5 Å². The van der Waals surface area contributed by atoms with Crippen LogP contribution in [-0.2, 0) is 9.84 Å². The van der Waals surface area contributed by atoms with Crippen LogP contribution in [0.1, 0.15) is 30.6 Å². The lowest BCUT2D eigenvalue weighted by atomic mass is 10.1. The molecule has 0 fully saturated rings. The quantitative estimate of drug-likeness (QED) is 0.743. The molecule has 0 aromatic heterocycles. The van der Waals surface area contributed by atoms with E-state index in [1.54, 1.807) is 24.3 Å². The van der Waals surface area contributed by atoms with Gasteiger partial charge in [-0.25, -0.2) is 8.42 Å². The maximum Gasteiger partial charge on any atom is 0.180 e. The predicted molar refractivity (Wildman–Crippen MR) is 70.9 cm³/mol. The molecule has 0 heterocycles. The van der Waals surface area contributed by atoms with Gasteiger partial charge in [0.15, 0.2) is 15.6 Å². The Morgan fingerprint density at radius 3 is 2.28 bits per heavy atom. The van der Waals surface area contributed by atoms with Gasteiger partial charge in [-0.15, -0.1) is 0 Å². The number of carbonyl (C=O) groups is 1. The highest BCUT2D eigenvalue weighted by molar-refractivity contribution is 7.92. The molecule has 100 valence electrons. The van der Waals surface area contributed by atoms with Crippen LogP contribution in [-0.4, -0.2) is 32.3 Å². The minimum absolute atomic E-state index is 0.386. The summed E-state index contributed by atoms with van der Waals surface area (Å²) in [7, 11) is -3.36. The Bertz CT molecular complexity index is 502. The van der Waals surface area contributed by atoms with Gasteiger partial charge in [0, 0.05) is 11.8 Å². The number of carbonyl (C=O) groups excluding carboxylic acids is 1. The number of hydrogen-bond acceptors (Lipinski definition) is 4. The molecule has 0 N–H and O–H groups in total. The van der Waals surface area contributed by atoms with E-state index < -0.39 is 15.1 Å². The number of benzene rings is 1. The predicted octanol–water partition coefficient (Wildman–Crippen LogP) is 2.09. The summed E-state index contributed by atoms with van der Waals surface area (Å²) in [5, 5.41) is -1.01. The standard InChI is InChI=1S/C13H18O4S/c1-4-9-17-12-7-5-11(6-8-12)13(14)10(2)18(3,15)16/h5-8,10H,4,9H2,1-3H3. The Hall–Kier alpha value is -1.36. The summed E-state index contributed by atoms with van der Waals surface area (Å²) in [5.74, 6) is 0.292. The van der Waals surface area contributed by atoms with Crippen molar-refractivity contribution in [3.8, 4) is 5.75 Å². The summed E-state index contributed by atoms with van der Waals surface area (Å²) in [4.78, 5) is 11.9. The van der Waals surface area contributed by atoms with Crippen LogP contribution in [0.3, 0.4) is 0 Å². The summed E-state index contributed by atoms with van der Waals surface area (Å²) in [6, 6.07) is 6.54. The van der Waals surface area contributed by atoms with Crippen molar-refractivity contribution in [3.05, 3.63) is 29.8 Å². The number of hydrogen-bond donors (Lipinski definition) is 0. The zero-order chi connectivity index (χ0) is 13.8. The van der Waals surface area contributed by atoms with Crippen LogP contribution < -0.4 is 4.74 Å². The van der Waals surface area contributed by atoms with Gasteiger partial charge in [0.25, 0.3) is 0 Å². The first kappa shape index (κ1) is 14.7. The molecule has 0 amide bonds. The third-order valence-corrected chi connectivity index (χ3v) is 4.12. The molecule has 0 saturated heterocycles. The van der Waals surface area contributed by atoms with Crippen LogP contribution in [0.2, 0.25) is 0 Å². The van der Waals surface area contributed by atoms with Crippen LogP contribution in [0.25, 0.3) is 0 Å². The minimum Gasteiger partial charge on any atom is -0.494 e. The average molecular weight is 270 g/mol. The molecule has 4 nitrogen and oxygen atoms in total. The van der Waals surface area contributed by atoms with E-state index in [1.165, 1.54) is 6.92 Å². The first-order valence-electron chi connectivity index (χ1n) is 5.82. The van der Waals surface area contributed by atoms with Gasteiger partial charge in [-0.2, -0.15) is 0 Å². The van der Waals surface area contributed by atoms with Crippen molar-refractivity contribution in [1.82, 2.24) is 0 Å². The highest BCUT2D eigenvalue weighted by Crippen LogP contribution is 2.15. The number of Topliss-reactive ketones (excluding diaryl/α,β-unsaturated/α-hetero) is 1. The van der Waals surface area contributed by atoms with Gasteiger partial charge >= 0.3 is 0 Å². The number of ether oxygens (including phenoxy) is 1. The van der Waals surface area contributed by atoms with E-state index in [-0.39, 0.29) is 5.78 Å². The monoisotopic (exact) mass is 270 g/mol. The van der Waals surface area contributed by atoms with Crippen molar-refractivity contribution in [2.75, 3.05) is 12.9 Å². The smallest absolute Gasteiger partial charge is 0.180 e. The molecular weight excluding hydrogens is 252 g/mol. The lowest BCUT2D eigenvalue weighted by Crippen LogP contribution is -2.26. The molecule has 18 heavy (non-hydrogen) atoms. The van der Waals surface area contributed by atoms with E-state index in [9.17, 15) is 13.2 Å². The molecule has 1 aromatic carbocycles. The maximum atomic E-state index is 11.9. The fourth-order valence-electron chi connectivity index (χ4n) is 1.36. The van der Waals surface area contributed by atoms with Crippen LogP contribution in [0.15, 0.2) is 24.3 Å². The van der Waals surface area contributed by atoms with E-state index in [4.69, 9.17) is 4.74 Å². The first-order chi connectivity index (χ1) is 8.36. The number of rotatable bonds is 6. The maximum absolute atomic E-state index is 11.9. The largest absolute Gasteiger partial charge is 0.494 e. The highest BCUT2D eigenvalue weighted by atomic mass is 32.2. The lowest BCUT2D eigenvalue weighted by Gasteiger charge is -2.09. The van der Waals surface area contributed by atoms with Crippen molar-refractivity contribution in [2.24, 2.45) is 0 Å². The number of sulfone groups is 1. The van der Waals surface area contributed by atoms with Gasteiger partial charge < -0.3 is 4.74 Å². The normalized spacial score (nSPS) is 13.1. The Morgan fingerprint density at radius 1 is 1.28 bits per heavy atom. The lowest BCUT2D eigenvalue weighted by molar-refractivity contribution is 0.0991. The molecule has 1 aromatic rings. The Kier molecular flexibility index (Phi) is 4.90. The van der Waals surface area contributed by atoms with Crippen LogP contribution in [0.4, 0.5) is 0 Å². The molecule has 0 bridgehead atoms. The summed E-state index contributed by atoms with van der Waals surface area (Å²) >= 11 is 0. The second kappa shape index (κ2) is 6.00. The molecule has 0 spiro atoms. The Morgan fingerprint density at radius 2 is 1.83 bits per heavy atom. The fourth-order valence-corrected chi connectivity index (χ4v) is 1.89. The second-order valence-corrected chi connectivity index (χ2v) is 6.58. The van der Waals surface area contributed by atoms with Gasteiger partial charge in [0.1, 0.15) is 11.0 Å². The summed E-state index contributed by atoms with van der Waals surface area (Å²) in [6.07, 6.45) is 1.97. The van der Waals surface area contributed by atoms with Gasteiger partial charge in [0.2, 0.25) is 0 Å². The third-order valence-electron chi connectivity index (χ3n) is 2.62. The van der Waals surface area contributed by atoms with Crippen molar-refractivity contribution in [3.63, 3.8) is 0 Å². The Balaban J connectivity index is 2.82. The van der Waals surface area contributed by atoms with Crippen molar-refractivity contribution >= 4 is 15.6 Å². The van der Waals surface area contributed by atoms with Crippen molar-refractivity contribution in [1.29, 1.82) is 0 Å². The van der Waals surface area contributed by atoms with Gasteiger partial charge in [-0.3, -0.25) is 4.79 Å². The van der Waals surface area contributed by atoms with E-state index in [1.807, 2.05) is 6.92 Å². The molecule has 0 aliphatic heterocycles. The van der Waals surface area contributed by atoms with E-state index in [0.29, 0.717) is 17.9 Å². The zero-order valence-electron chi connectivity index (χ0n) is 10.8. The molecule has 0 radical (unpaired) electrons. The van der Waals surface area contributed by atoms with E-state index >= 15 is 0 Å². The summed E-state index contributed by atoms with van der Waals surface area (Å²) in [5.41, 5.74) is 0.386. The van der Waals surface area contributed by atoms with E-state index in [2.05, 4.69) is 0 Å². The Labute approximate surface area is 108 Å². The fraction of sp³-hybridized carbons (Fsp3) is 0.462. The van der Waals surface area contributed by atoms with Gasteiger partial charge in [-0.1, -0.05) is 6.92 Å². The molecule has 0 aliphatic rings. The SMILES string of the molecule is CCCOc1ccc(C(=O)C(C)S(C)(=O)=O)cc1. The van der Waals surface area contributed by atoms with E-state index in [0.717, 1.165) is 12.7 Å². The van der Waals surface area contributed by atoms with Crippen molar-refractivity contribution < 1.29 is 17.9 Å². The average Bonchev–Trinajstić information content (AvgIpc) is 2.34. The third kappa shape index (κ3) is 3.84. The topological polar surface area (TPSA) is 60.4 Å². The molecular formula is C13H18O4S. The van der Waals surface area contributed by atoms with Gasteiger partial charge in [0.05, 0.1) is 6.61 Å². The van der Waals surface area contributed by atoms with Gasteiger partial charge in [-0.05, 0) is 37.6 Å². The van der Waals surface area contributed by atoms with Crippen LogP contribution in [0, 0.1) is 0 Å². The summed E-state index contributed by atoms with van der Waals surface area (Å²) in [6.45, 7) is 4.03. The van der Waals surface area contributed by atoms with Crippen LogP contribution in [0.5, 0.6) is 5.75 Å². The molecule has 1 unspecified atom stereocenters. The number of ketones is 1. The first-order valence-corrected chi connectivity index (χ1v) is 7.77. The molecule has 1 atom stereocenters. The summed E-state index contributed by atoms with van der Waals surface area (Å²) < 4.78 is 28.0. The second-order valence-electron chi connectivity index (χ2n) is 4.21. The molecule has 0 aliphatic carbocycles. The molecule has 5 heteroatoms. The zero-order valence-corrected chi connectivity index (χ0v) is 11.7. The minimum atomic E-state index is -3.36. The molecule has 1 rings (SSSR count). The molecule has 0 saturated carbocycles.